The molecule has 0 saturated heterocycles. The van der Waals surface area contributed by atoms with Crippen LogP contribution in [0, 0.1) is 10.1 Å². The summed E-state index contributed by atoms with van der Waals surface area (Å²) in [4.78, 5) is 42.8. The number of carbonyl (C=O) groups is 1. The van der Waals surface area contributed by atoms with Gasteiger partial charge in [0.2, 0.25) is 0 Å². The van der Waals surface area contributed by atoms with Gasteiger partial charge in [0.25, 0.3) is 11.2 Å². The zero-order valence-electron chi connectivity index (χ0n) is 25.8. The number of aromatic nitrogens is 1. The maximum Gasteiger partial charge on any atom is 0.338 e. The van der Waals surface area contributed by atoms with Gasteiger partial charge in [-0.2, -0.15) is 0 Å². The Balaban J connectivity index is 1.54. The van der Waals surface area contributed by atoms with Gasteiger partial charge in [-0.05, 0) is 67.4 Å². The largest absolute Gasteiger partial charge is 0.497 e. The Hall–Kier alpha value is -5.43. The van der Waals surface area contributed by atoms with E-state index in [0.29, 0.717) is 49.2 Å². The van der Waals surface area contributed by atoms with Gasteiger partial charge in [0, 0.05) is 23.8 Å². The highest BCUT2D eigenvalue weighted by Gasteiger charge is 2.35. The molecule has 1 aliphatic heterocycles. The summed E-state index contributed by atoms with van der Waals surface area (Å²) in [5, 5.41) is 10.9. The third-order valence-corrected chi connectivity index (χ3v) is 8.26. The molecule has 1 aromatic heterocycles. The maximum atomic E-state index is 14.0. The molecule has 3 aromatic carbocycles. The quantitative estimate of drug-likeness (QED) is 0.133. The van der Waals surface area contributed by atoms with Gasteiger partial charge in [-0.1, -0.05) is 17.4 Å². The van der Waals surface area contributed by atoms with E-state index in [1.165, 1.54) is 49.4 Å². The molecule has 4 aromatic rings. The monoisotopic (exact) mass is 645 g/mol. The van der Waals surface area contributed by atoms with Crippen molar-refractivity contribution in [1.82, 2.24) is 4.57 Å². The van der Waals surface area contributed by atoms with Gasteiger partial charge in [-0.15, -0.1) is 0 Å². The number of nitro groups is 1. The second-order valence-corrected chi connectivity index (χ2v) is 11.0. The van der Waals surface area contributed by atoms with E-state index in [1.807, 2.05) is 0 Å². The van der Waals surface area contributed by atoms with E-state index < -0.39 is 16.9 Å². The van der Waals surface area contributed by atoms with Crippen LogP contribution in [0.25, 0.3) is 6.08 Å². The Bertz CT molecular complexity index is 2010. The molecular formula is C33H31N3O9S. The summed E-state index contributed by atoms with van der Waals surface area (Å²) in [6, 6.07) is 15.7. The Morgan fingerprint density at radius 1 is 1.00 bits per heavy atom. The SMILES string of the molecule is CCOC(=O)C1=C(C)N=c2s/c(=C\c3ccc(OCc4ccc([N+](=O)[O-])cc4)c(OC)c3)c(=O)n2[C@H]1c1ccc(OC)cc1OC. The Labute approximate surface area is 267 Å². The van der Waals surface area contributed by atoms with Crippen molar-refractivity contribution < 1.29 is 33.4 Å². The van der Waals surface area contributed by atoms with Crippen molar-refractivity contribution in [3.63, 3.8) is 0 Å². The number of rotatable bonds is 11. The molecule has 0 N–H and O–H groups in total. The molecule has 0 aliphatic carbocycles. The van der Waals surface area contributed by atoms with Gasteiger partial charge in [-0.25, -0.2) is 9.79 Å². The van der Waals surface area contributed by atoms with Gasteiger partial charge in [0.15, 0.2) is 16.3 Å². The number of non-ortho nitro benzene ring substituents is 1. The number of methoxy groups -OCH3 is 3. The summed E-state index contributed by atoms with van der Waals surface area (Å²) >= 11 is 1.19. The van der Waals surface area contributed by atoms with E-state index in [0.717, 1.165) is 5.56 Å². The molecule has 0 saturated carbocycles. The fraction of sp³-hybridized carbons (Fsp3) is 0.242. The summed E-state index contributed by atoms with van der Waals surface area (Å²) in [5.74, 6) is 1.31. The number of benzene rings is 3. The van der Waals surface area contributed by atoms with Gasteiger partial charge < -0.3 is 23.7 Å². The average molecular weight is 646 g/mol. The summed E-state index contributed by atoms with van der Waals surface area (Å²) in [5.41, 5.74) is 2.31. The first kappa shape index (κ1) is 32.0. The second kappa shape index (κ2) is 13.7. The van der Waals surface area contributed by atoms with Crippen molar-refractivity contribution in [2.24, 2.45) is 4.99 Å². The third-order valence-electron chi connectivity index (χ3n) is 7.28. The standard InChI is InChI=1S/C33H31N3O9S/c1-6-44-32(38)29-19(2)34-33-35(30(29)24-13-12-23(41-3)17-26(24)42-4)31(37)28(46-33)16-21-9-14-25(27(15-21)43-5)45-18-20-7-10-22(11-8-20)36(39)40/h7-17,30H,6,18H2,1-5H3/b28-16-/t30-/m0/s1. The molecule has 1 aliphatic rings. The highest BCUT2D eigenvalue weighted by molar-refractivity contribution is 7.07. The fourth-order valence-corrected chi connectivity index (χ4v) is 6.10. The molecule has 0 unspecified atom stereocenters. The van der Waals surface area contributed by atoms with Crippen molar-refractivity contribution in [2.45, 2.75) is 26.5 Å². The lowest BCUT2D eigenvalue weighted by molar-refractivity contribution is -0.384. The number of carbonyl (C=O) groups excluding carboxylic acids is 1. The van der Waals surface area contributed by atoms with Crippen LogP contribution in [0.15, 0.2) is 81.7 Å². The molecule has 2 heterocycles. The normalized spacial score (nSPS) is 14.3. The van der Waals surface area contributed by atoms with Crippen molar-refractivity contribution in [3.8, 4) is 23.0 Å². The van der Waals surface area contributed by atoms with Crippen molar-refractivity contribution >= 4 is 29.1 Å². The van der Waals surface area contributed by atoms with Gasteiger partial charge in [0.1, 0.15) is 24.1 Å². The fourth-order valence-electron chi connectivity index (χ4n) is 5.05. The lowest BCUT2D eigenvalue weighted by Gasteiger charge is -2.26. The van der Waals surface area contributed by atoms with E-state index >= 15 is 0 Å². The molecule has 238 valence electrons. The molecule has 46 heavy (non-hydrogen) atoms. The molecule has 5 rings (SSSR count). The third kappa shape index (κ3) is 6.35. The summed E-state index contributed by atoms with van der Waals surface area (Å²) in [7, 11) is 4.56. The number of nitro benzene ring substituents is 1. The first-order valence-electron chi connectivity index (χ1n) is 14.1. The van der Waals surface area contributed by atoms with Crippen LogP contribution in [0.5, 0.6) is 23.0 Å². The van der Waals surface area contributed by atoms with Crippen molar-refractivity contribution in [3.05, 3.63) is 118 Å². The molecular weight excluding hydrogens is 614 g/mol. The van der Waals surface area contributed by atoms with Crippen LogP contribution < -0.4 is 33.8 Å². The number of hydrogen-bond acceptors (Lipinski definition) is 11. The number of hydrogen-bond donors (Lipinski definition) is 0. The van der Waals surface area contributed by atoms with Crippen LogP contribution in [0.4, 0.5) is 5.69 Å². The molecule has 0 fully saturated rings. The van der Waals surface area contributed by atoms with E-state index in [9.17, 15) is 19.7 Å². The molecule has 13 heteroatoms. The van der Waals surface area contributed by atoms with Crippen LogP contribution in [-0.4, -0.2) is 43.4 Å². The zero-order valence-corrected chi connectivity index (χ0v) is 26.6. The van der Waals surface area contributed by atoms with Gasteiger partial charge >= 0.3 is 5.97 Å². The second-order valence-electron chi connectivity index (χ2n) is 10.0. The smallest absolute Gasteiger partial charge is 0.338 e. The van der Waals surface area contributed by atoms with Gasteiger partial charge in [-0.3, -0.25) is 19.5 Å². The first-order valence-corrected chi connectivity index (χ1v) is 15.0. The minimum absolute atomic E-state index is 0.00213. The number of nitrogens with zero attached hydrogens (tertiary/aromatic N) is 3. The van der Waals surface area contributed by atoms with E-state index in [1.54, 1.807) is 68.5 Å². The van der Waals surface area contributed by atoms with Crippen LogP contribution in [0.1, 0.15) is 36.6 Å². The summed E-state index contributed by atoms with van der Waals surface area (Å²) in [6.07, 6.45) is 1.72. The summed E-state index contributed by atoms with van der Waals surface area (Å²) in [6.45, 7) is 3.75. The minimum atomic E-state index is -0.858. The first-order chi connectivity index (χ1) is 22.2. The van der Waals surface area contributed by atoms with Crippen LogP contribution in [-0.2, 0) is 16.1 Å². The number of esters is 1. The highest BCUT2D eigenvalue weighted by atomic mass is 32.1. The zero-order chi connectivity index (χ0) is 33.0. The van der Waals surface area contributed by atoms with Crippen molar-refractivity contribution in [2.75, 3.05) is 27.9 Å². The number of allylic oxidation sites excluding steroid dienone is 1. The van der Waals surface area contributed by atoms with Gasteiger partial charge in [0.05, 0.1) is 48.7 Å². The maximum absolute atomic E-state index is 14.0. The van der Waals surface area contributed by atoms with Crippen LogP contribution in [0.3, 0.4) is 0 Å². The Morgan fingerprint density at radius 2 is 1.74 bits per heavy atom. The Kier molecular flexibility index (Phi) is 9.52. The topological polar surface area (TPSA) is 141 Å². The molecule has 0 radical (unpaired) electrons. The average Bonchev–Trinajstić information content (AvgIpc) is 3.36. The molecule has 0 spiro atoms. The van der Waals surface area contributed by atoms with E-state index in [-0.39, 0.29) is 30.0 Å². The van der Waals surface area contributed by atoms with Crippen LogP contribution >= 0.6 is 11.3 Å². The van der Waals surface area contributed by atoms with Crippen molar-refractivity contribution in [1.29, 1.82) is 0 Å². The summed E-state index contributed by atoms with van der Waals surface area (Å²) < 4.78 is 29.8. The molecule has 1 atom stereocenters. The predicted octanol–water partition coefficient (Wildman–Crippen LogP) is 4.31. The number of ether oxygens (including phenoxy) is 5. The molecule has 0 bridgehead atoms. The lowest BCUT2D eigenvalue weighted by atomic mass is 9.95. The molecule has 0 amide bonds. The molecule has 12 nitrogen and oxygen atoms in total. The number of thiazole rings is 1. The minimum Gasteiger partial charge on any atom is -0.497 e. The number of fused-ring (bicyclic) bond motifs is 1. The Morgan fingerprint density at radius 3 is 2.39 bits per heavy atom. The van der Waals surface area contributed by atoms with E-state index in [2.05, 4.69) is 4.99 Å². The highest BCUT2D eigenvalue weighted by Crippen LogP contribution is 2.37. The lowest BCUT2D eigenvalue weighted by Crippen LogP contribution is -2.40. The predicted molar refractivity (Wildman–Crippen MR) is 170 cm³/mol. The van der Waals surface area contributed by atoms with E-state index in [4.69, 9.17) is 23.7 Å². The van der Waals surface area contributed by atoms with Crippen LogP contribution in [0.2, 0.25) is 0 Å².